The Balaban J connectivity index is 2.34. The monoisotopic (exact) mass is 242 g/mol. The van der Waals surface area contributed by atoms with Crippen LogP contribution in [-0.4, -0.2) is 26.2 Å². The SMILES string of the molecule is CS(=O)(=O)[C@@H]1[C@@H](C=O)[C@@H]1c1cccc(F)c1. The third-order valence-corrected chi connectivity index (χ3v) is 4.49. The molecule has 86 valence electrons. The van der Waals surface area contributed by atoms with Gasteiger partial charge in [0.2, 0.25) is 0 Å². The zero-order valence-corrected chi connectivity index (χ0v) is 9.45. The molecule has 2 rings (SSSR count). The summed E-state index contributed by atoms with van der Waals surface area (Å²) in [7, 11) is -3.25. The molecule has 0 heterocycles. The number of aldehydes is 1. The summed E-state index contributed by atoms with van der Waals surface area (Å²) in [5, 5.41) is -0.688. The smallest absolute Gasteiger partial charge is 0.151 e. The van der Waals surface area contributed by atoms with Crippen LogP contribution < -0.4 is 0 Å². The van der Waals surface area contributed by atoms with Crippen LogP contribution in [-0.2, 0) is 14.6 Å². The Kier molecular flexibility index (Phi) is 2.58. The fraction of sp³-hybridized carbons (Fsp3) is 0.364. The van der Waals surface area contributed by atoms with Crippen molar-refractivity contribution in [2.45, 2.75) is 11.2 Å². The van der Waals surface area contributed by atoms with E-state index in [2.05, 4.69) is 0 Å². The van der Waals surface area contributed by atoms with Gasteiger partial charge in [-0.25, -0.2) is 12.8 Å². The first kappa shape index (κ1) is 11.3. The molecule has 1 aliphatic rings. The van der Waals surface area contributed by atoms with Crippen LogP contribution in [0.15, 0.2) is 24.3 Å². The highest BCUT2D eigenvalue weighted by Gasteiger charge is 2.57. The Labute approximate surface area is 93.2 Å². The van der Waals surface area contributed by atoms with Crippen LogP contribution >= 0.6 is 0 Å². The summed E-state index contributed by atoms with van der Waals surface area (Å²) in [6.45, 7) is 0. The minimum absolute atomic E-state index is 0.386. The van der Waals surface area contributed by atoms with Crippen molar-refractivity contribution < 1.29 is 17.6 Å². The Morgan fingerprint density at radius 3 is 2.50 bits per heavy atom. The van der Waals surface area contributed by atoms with Gasteiger partial charge in [-0.1, -0.05) is 12.1 Å². The van der Waals surface area contributed by atoms with Gasteiger partial charge < -0.3 is 4.79 Å². The van der Waals surface area contributed by atoms with Crippen LogP contribution in [0.25, 0.3) is 0 Å². The number of carbonyl (C=O) groups is 1. The van der Waals surface area contributed by atoms with Crippen LogP contribution in [0.1, 0.15) is 11.5 Å². The largest absolute Gasteiger partial charge is 0.303 e. The highest BCUT2D eigenvalue weighted by Crippen LogP contribution is 2.50. The van der Waals surface area contributed by atoms with Gasteiger partial charge in [0.25, 0.3) is 0 Å². The van der Waals surface area contributed by atoms with Gasteiger partial charge in [0.1, 0.15) is 12.1 Å². The Hall–Kier alpha value is -1.23. The molecule has 1 aromatic carbocycles. The van der Waals surface area contributed by atoms with E-state index in [9.17, 15) is 17.6 Å². The van der Waals surface area contributed by atoms with E-state index in [1.54, 1.807) is 6.07 Å². The number of benzene rings is 1. The molecule has 16 heavy (non-hydrogen) atoms. The summed E-state index contributed by atoms with van der Waals surface area (Å²) in [6, 6.07) is 5.74. The van der Waals surface area contributed by atoms with E-state index in [1.165, 1.54) is 18.2 Å². The number of rotatable bonds is 3. The van der Waals surface area contributed by atoms with Crippen molar-refractivity contribution in [3.05, 3.63) is 35.6 Å². The van der Waals surface area contributed by atoms with Gasteiger partial charge in [0.05, 0.1) is 5.25 Å². The lowest BCUT2D eigenvalue weighted by atomic mass is 10.1. The second-order valence-corrected chi connectivity index (χ2v) is 6.29. The average molecular weight is 242 g/mol. The van der Waals surface area contributed by atoms with Crippen molar-refractivity contribution in [2.75, 3.05) is 6.26 Å². The van der Waals surface area contributed by atoms with E-state index < -0.39 is 26.8 Å². The molecular formula is C11H11FO3S. The molecule has 3 atom stereocenters. The van der Waals surface area contributed by atoms with Gasteiger partial charge in [-0.2, -0.15) is 0 Å². The molecule has 5 heteroatoms. The summed E-state index contributed by atoms with van der Waals surface area (Å²) < 4.78 is 35.7. The van der Waals surface area contributed by atoms with Gasteiger partial charge in [0, 0.05) is 18.1 Å². The highest BCUT2D eigenvalue weighted by molar-refractivity contribution is 7.91. The molecular weight excluding hydrogens is 231 g/mol. The Bertz CT molecular complexity index is 524. The lowest BCUT2D eigenvalue weighted by Gasteiger charge is -1.98. The highest BCUT2D eigenvalue weighted by atomic mass is 32.2. The summed E-state index contributed by atoms with van der Waals surface area (Å²) >= 11 is 0. The molecule has 0 saturated heterocycles. The predicted octanol–water partition coefficient (Wildman–Crippen LogP) is 1.15. The molecule has 1 aromatic rings. The minimum atomic E-state index is -3.25. The molecule has 0 bridgehead atoms. The maximum atomic E-state index is 13.0. The normalized spacial score (nSPS) is 28.8. The molecule has 0 radical (unpaired) electrons. The zero-order chi connectivity index (χ0) is 11.9. The predicted molar refractivity (Wildman–Crippen MR) is 57.3 cm³/mol. The number of hydrogen-bond acceptors (Lipinski definition) is 3. The van der Waals surface area contributed by atoms with Crippen molar-refractivity contribution in [3.8, 4) is 0 Å². The second kappa shape index (κ2) is 3.66. The van der Waals surface area contributed by atoms with Crippen molar-refractivity contribution in [2.24, 2.45) is 5.92 Å². The molecule has 3 nitrogen and oxygen atoms in total. The van der Waals surface area contributed by atoms with Gasteiger partial charge in [0.15, 0.2) is 9.84 Å². The van der Waals surface area contributed by atoms with E-state index in [-0.39, 0.29) is 5.92 Å². The van der Waals surface area contributed by atoms with E-state index in [0.29, 0.717) is 11.8 Å². The first-order valence-corrected chi connectivity index (χ1v) is 6.80. The fourth-order valence-corrected chi connectivity index (χ4v) is 3.73. The van der Waals surface area contributed by atoms with Gasteiger partial charge in [-0.15, -0.1) is 0 Å². The maximum absolute atomic E-state index is 13.0. The first-order chi connectivity index (χ1) is 7.45. The molecule has 1 fully saturated rings. The summed E-state index contributed by atoms with van der Waals surface area (Å²) in [5.74, 6) is -1.33. The third kappa shape index (κ3) is 1.87. The number of halogens is 1. The standard InChI is InChI=1S/C11H11FO3S/c1-16(14,15)11-9(6-13)10(11)7-3-2-4-8(12)5-7/h2-6,9-11H,1H3/t9-,10-,11+/m0/s1. The van der Waals surface area contributed by atoms with Crippen molar-refractivity contribution in [1.82, 2.24) is 0 Å². The molecule has 0 spiro atoms. The lowest BCUT2D eigenvalue weighted by Crippen LogP contribution is -2.07. The molecule has 1 saturated carbocycles. The van der Waals surface area contributed by atoms with E-state index in [4.69, 9.17) is 0 Å². The van der Waals surface area contributed by atoms with Crippen molar-refractivity contribution in [3.63, 3.8) is 0 Å². The number of sulfone groups is 1. The first-order valence-electron chi connectivity index (χ1n) is 4.85. The van der Waals surface area contributed by atoms with Crippen LogP contribution in [0.5, 0.6) is 0 Å². The average Bonchev–Trinajstić information content (AvgIpc) is 2.91. The summed E-state index contributed by atoms with van der Waals surface area (Å²) in [5.41, 5.74) is 0.576. The van der Waals surface area contributed by atoms with E-state index in [1.807, 2.05) is 0 Å². The Morgan fingerprint density at radius 1 is 1.38 bits per heavy atom. The minimum Gasteiger partial charge on any atom is -0.303 e. The number of hydrogen-bond donors (Lipinski definition) is 0. The van der Waals surface area contributed by atoms with Gasteiger partial charge in [-0.3, -0.25) is 0 Å². The molecule has 0 aromatic heterocycles. The van der Waals surface area contributed by atoms with Crippen LogP contribution in [0.2, 0.25) is 0 Å². The van der Waals surface area contributed by atoms with E-state index >= 15 is 0 Å². The Morgan fingerprint density at radius 2 is 2.06 bits per heavy atom. The molecule has 0 amide bonds. The second-order valence-electron chi connectivity index (χ2n) is 4.09. The number of carbonyl (C=O) groups excluding carboxylic acids is 1. The molecule has 0 N–H and O–H groups in total. The lowest BCUT2D eigenvalue weighted by molar-refractivity contribution is -0.108. The van der Waals surface area contributed by atoms with Crippen LogP contribution in [0.4, 0.5) is 4.39 Å². The van der Waals surface area contributed by atoms with Crippen LogP contribution in [0.3, 0.4) is 0 Å². The van der Waals surface area contributed by atoms with Gasteiger partial charge >= 0.3 is 0 Å². The van der Waals surface area contributed by atoms with E-state index in [0.717, 1.165) is 6.26 Å². The quantitative estimate of drug-likeness (QED) is 0.747. The zero-order valence-electron chi connectivity index (χ0n) is 8.63. The molecule has 1 aliphatic carbocycles. The third-order valence-electron chi connectivity index (χ3n) is 2.89. The molecule has 0 aliphatic heterocycles. The topological polar surface area (TPSA) is 51.2 Å². The van der Waals surface area contributed by atoms with Crippen molar-refractivity contribution >= 4 is 16.1 Å². The summed E-state index contributed by atoms with van der Waals surface area (Å²) in [4.78, 5) is 10.7. The fourth-order valence-electron chi connectivity index (χ4n) is 2.14. The molecule has 0 unspecified atom stereocenters. The van der Waals surface area contributed by atoms with Gasteiger partial charge in [-0.05, 0) is 17.7 Å². The maximum Gasteiger partial charge on any atom is 0.151 e. The summed E-state index contributed by atoms with van der Waals surface area (Å²) in [6.07, 6.45) is 1.74. The van der Waals surface area contributed by atoms with Crippen molar-refractivity contribution in [1.29, 1.82) is 0 Å². The van der Waals surface area contributed by atoms with Crippen LogP contribution in [0, 0.1) is 11.7 Å².